The number of hydrogen-bond donors (Lipinski definition) is 2. The number of rotatable bonds is 9. The molecule has 2 aliphatic heterocycles. The van der Waals surface area contributed by atoms with Crippen molar-refractivity contribution >= 4 is 63.8 Å². The predicted octanol–water partition coefficient (Wildman–Crippen LogP) is 0.998. The summed E-state index contributed by atoms with van der Waals surface area (Å²) in [5.41, 5.74) is 0.596. The average molecular weight is 514 g/mol. The molecule has 2 aromatic rings. The molecule has 2 amide bonds. The minimum absolute atomic E-state index is 0.0329. The maximum absolute atomic E-state index is 12.7. The second-order valence-corrected chi connectivity index (χ2v) is 11.5. The molecule has 14 heteroatoms. The van der Waals surface area contributed by atoms with E-state index in [2.05, 4.69) is 15.6 Å². The quantitative estimate of drug-likeness (QED) is 0.285. The first kappa shape index (κ1) is 23.2. The summed E-state index contributed by atoms with van der Waals surface area (Å²) in [4.78, 5) is 38.3. The van der Waals surface area contributed by atoms with Crippen molar-refractivity contribution in [1.29, 1.82) is 0 Å². The second-order valence-electron chi connectivity index (χ2n) is 6.81. The zero-order chi connectivity index (χ0) is 22.8. The molecule has 170 valence electrons. The van der Waals surface area contributed by atoms with Crippen molar-refractivity contribution in [1.82, 2.24) is 25.2 Å². The number of aryl methyl sites for hydroxylation is 1. The molecule has 0 spiro atoms. The van der Waals surface area contributed by atoms with Gasteiger partial charge in [0.05, 0.1) is 6.20 Å². The van der Waals surface area contributed by atoms with E-state index in [0.717, 1.165) is 5.03 Å². The van der Waals surface area contributed by atoms with Gasteiger partial charge in [-0.2, -0.15) is 0 Å². The largest absolute Gasteiger partial charge is 0.610 e. The number of β-lactam (4-membered cyclic amide) rings is 1. The summed E-state index contributed by atoms with van der Waals surface area (Å²) in [5, 5.41) is 22.3. The van der Waals surface area contributed by atoms with E-state index in [4.69, 9.17) is 0 Å². The third kappa shape index (κ3) is 4.55. The van der Waals surface area contributed by atoms with Crippen molar-refractivity contribution in [3.63, 3.8) is 0 Å². The standard InChI is InChI=1S/C18H19N5O5S4/c1-2-22-12(6-19-21-22)30-7-10-8-31-17-14(16(25)23(17)15(10)18(26)27)20-11(24)9-32(28)13-4-3-5-29-13/h3-6,14,17H,2,7-9H2,1H3,(H,20,24)(H,26,27)/t14?,17-,32?/m0/s1. The summed E-state index contributed by atoms with van der Waals surface area (Å²) < 4.78 is 14.5. The van der Waals surface area contributed by atoms with Crippen molar-refractivity contribution in [3.8, 4) is 0 Å². The number of nitrogens with zero attached hydrogens (tertiary/aromatic N) is 4. The molecule has 10 nitrogen and oxygen atoms in total. The molecule has 4 rings (SSSR count). The highest BCUT2D eigenvalue weighted by atomic mass is 32.2. The van der Waals surface area contributed by atoms with Gasteiger partial charge in [0.2, 0.25) is 4.21 Å². The summed E-state index contributed by atoms with van der Waals surface area (Å²) >= 11 is 2.63. The number of aromatic nitrogens is 3. The Kier molecular flexibility index (Phi) is 7.14. The van der Waals surface area contributed by atoms with E-state index in [-0.39, 0.29) is 11.4 Å². The van der Waals surface area contributed by atoms with Crippen LogP contribution in [0.5, 0.6) is 0 Å². The van der Waals surface area contributed by atoms with E-state index in [1.165, 1.54) is 39.8 Å². The summed E-state index contributed by atoms with van der Waals surface area (Å²) in [7, 11) is 0. The van der Waals surface area contributed by atoms with Crippen molar-refractivity contribution < 1.29 is 24.0 Å². The normalized spacial score (nSPS) is 21.2. The van der Waals surface area contributed by atoms with Gasteiger partial charge in [0, 0.05) is 35.3 Å². The van der Waals surface area contributed by atoms with Crippen molar-refractivity contribution in [3.05, 3.63) is 35.0 Å². The number of carboxylic acid groups (broad SMARTS) is 1. The van der Waals surface area contributed by atoms with Crippen LogP contribution in [0.1, 0.15) is 6.92 Å². The number of carbonyl (C=O) groups excluding carboxylic acids is 2. The highest BCUT2D eigenvalue weighted by Crippen LogP contribution is 2.41. The van der Waals surface area contributed by atoms with Crippen LogP contribution in [0.4, 0.5) is 0 Å². The van der Waals surface area contributed by atoms with Crippen LogP contribution in [-0.2, 0) is 32.1 Å². The Hall–Kier alpha value is -2.00. The van der Waals surface area contributed by atoms with E-state index in [9.17, 15) is 24.0 Å². The molecular weight excluding hydrogens is 494 g/mol. The highest BCUT2D eigenvalue weighted by molar-refractivity contribution is 8.01. The van der Waals surface area contributed by atoms with Crippen LogP contribution in [0.25, 0.3) is 0 Å². The summed E-state index contributed by atoms with van der Waals surface area (Å²) in [6.07, 6.45) is 1.62. The van der Waals surface area contributed by atoms with Crippen LogP contribution < -0.4 is 5.32 Å². The van der Waals surface area contributed by atoms with E-state index in [1.807, 2.05) is 6.92 Å². The van der Waals surface area contributed by atoms with Crippen molar-refractivity contribution in [2.75, 3.05) is 17.3 Å². The van der Waals surface area contributed by atoms with Crippen LogP contribution in [-0.4, -0.2) is 76.0 Å². The van der Waals surface area contributed by atoms with Gasteiger partial charge < -0.3 is 15.0 Å². The van der Waals surface area contributed by atoms with E-state index in [1.54, 1.807) is 28.4 Å². The van der Waals surface area contributed by atoms with Gasteiger partial charge in [-0.1, -0.05) is 16.6 Å². The summed E-state index contributed by atoms with van der Waals surface area (Å²) in [5.74, 6) is -1.59. The number of carbonyl (C=O) groups is 3. The molecule has 0 saturated carbocycles. The first-order valence-corrected chi connectivity index (χ1v) is 13.8. The Morgan fingerprint density at radius 1 is 1.47 bits per heavy atom. The molecule has 1 fully saturated rings. The number of nitrogens with one attached hydrogen (secondary N) is 1. The molecular formula is C18H19N5O5S4. The Morgan fingerprint density at radius 2 is 2.28 bits per heavy atom. The van der Waals surface area contributed by atoms with Gasteiger partial charge in [-0.3, -0.25) is 14.5 Å². The zero-order valence-electron chi connectivity index (χ0n) is 16.8. The number of thiophene rings is 1. The minimum Gasteiger partial charge on any atom is -0.610 e. The maximum Gasteiger partial charge on any atom is 0.352 e. The number of hydrogen-bond acceptors (Lipinski definition) is 9. The SMILES string of the molecule is CCn1nncc1SCC1=C(C(=O)O)N2C(=O)C(NC(=O)C[S+]([O-])c3cccs3)[C@@H]2SC1. The molecule has 2 aromatic heterocycles. The van der Waals surface area contributed by atoms with E-state index in [0.29, 0.717) is 27.8 Å². The number of fused-ring (bicyclic) bond motifs is 1. The molecule has 0 aliphatic carbocycles. The lowest BCUT2D eigenvalue weighted by atomic mass is 10.0. The Bertz CT molecular complexity index is 1060. The van der Waals surface area contributed by atoms with Crippen LogP contribution in [0.15, 0.2) is 44.2 Å². The van der Waals surface area contributed by atoms with Crippen molar-refractivity contribution in [2.45, 2.75) is 34.1 Å². The fourth-order valence-electron chi connectivity index (χ4n) is 3.33. The second kappa shape index (κ2) is 9.87. The van der Waals surface area contributed by atoms with Gasteiger partial charge in [-0.25, -0.2) is 9.48 Å². The summed E-state index contributed by atoms with van der Waals surface area (Å²) in [6.45, 7) is 2.58. The molecule has 0 aromatic carbocycles. The number of aliphatic carboxylic acids is 1. The Labute approximate surface area is 199 Å². The van der Waals surface area contributed by atoms with Crippen LogP contribution in [0, 0.1) is 0 Å². The number of thioether (sulfide) groups is 2. The smallest absolute Gasteiger partial charge is 0.352 e. The molecule has 3 atom stereocenters. The Balaban J connectivity index is 1.41. The van der Waals surface area contributed by atoms with Gasteiger partial charge in [0.25, 0.3) is 11.8 Å². The third-order valence-corrected chi connectivity index (χ3v) is 9.89. The van der Waals surface area contributed by atoms with Crippen LogP contribution in [0.3, 0.4) is 0 Å². The highest BCUT2D eigenvalue weighted by Gasteiger charge is 2.54. The summed E-state index contributed by atoms with van der Waals surface area (Å²) in [6, 6.07) is 2.61. The fraction of sp³-hybridized carbons (Fsp3) is 0.389. The van der Waals surface area contributed by atoms with Crippen LogP contribution >= 0.6 is 34.9 Å². The van der Waals surface area contributed by atoms with Gasteiger partial charge in [-0.05, 0) is 23.9 Å². The lowest BCUT2D eigenvalue weighted by molar-refractivity contribution is -0.150. The lowest BCUT2D eigenvalue weighted by Crippen LogP contribution is -2.70. The molecule has 4 heterocycles. The van der Waals surface area contributed by atoms with Gasteiger partial charge in [-0.15, -0.1) is 28.6 Å². The fourth-order valence-corrected chi connectivity index (χ4v) is 7.72. The molecule has 1 saturated heterocycles. The first-order valence-electron chi connectivity index (χ1n) is 9.53. The van der Waals surface area contributed by atoms with E-state index >= 15 is 0 Å². The molecule has 2 aliphatic rings. The van der Waals surface area contributed by atoms with Crippen LogP contribution in [0.2, 0.25) is 0 Å². The molecule has 2 N–H and O–H groups in total. The number of carboxylic acids is 1. The average Bonchev–Trinajstić information content (AvgIpc) is 3.47. The first-order chi connectivity index (χ1) is 15.4. The van der Waals surface area contributed by atoms with Crippen molar-refractivity contribution in [2.24, 2.45) is 0 Å². The molecule has 0 bridgehead atoms. The van der Waals surface area contributed by atoms with E-state index < -0.39 is 40.4 Å². The number of amides is 2. The van der Waals surface area contributed by atoms with Gasteiger partial charge >= 0.3 is 5.97 Å². The van der Waals surface area contributed by atoms with Gasteiger partial charge in [0.1, 0.15) is 22.1 Å². The molecule has 0 radical (unpaired) electrons. The maximum atomic E-state index is 12.7. The molecule has 32 heavy (non-hydrogen) atoms. The zero-order valence-corrected chi connectivity index (χ0v) is 20.1. The topological polar surface area (TPSA) is 140 Å². The minimum atomic E-state index is -1.48. The lowest BCUT2D eigenvalue weighted by Gasteiger charge is -2.49. The predicted molar refractivity (Wildman–Crippen MR) is 122 cm³/mol. The molecule has 2 unspecified atom stereocenters. The third-order valence-electron chi connectivity index (χ3n) is 4.82. The monoisotopic (exact) mass is 513 g/mol. The van der Waals surface area contributed by atoms with Gasteiger partial charge in [0.15, 0.2) is 5.75 Å². The Morgan fingerprint density at radius 3 is 2.97 bits per heavy atom.